The fourth-order valence-corrected chi connectivity index (χ4v) is 172. The standard InChI is InChI=1S/C31H58O10P20/c1-15-20(40-53(42)60(57(47)48)61(58(49)50)59(51)52)12-19-25(38-28(35)18-10-8-7-9-11-18)26-30(6,27(37-16(2)32)24(34)23(15)29(19,4)5)21(41-54(55(43)44)56(45)46)13-22-31(26,14-36-22)39-17(3)33/h7-11,19-22,25-27H,12-14,42-52H2,1-6H3/t19?,20-,21-,22+,25?,26?,27+,30+,31-,53?,60?/m0/s1. The Labute approximate surface area is 397 Å². The molecule has 1 saturated heterocycles. The number of benzene rings is 1. The third kappa shape index (κ3) is 12.3. The molecule has 1 aromatic carbocycles. The minimum atomic E-state index is -1.40. The van der Waals surface area contributed by atoms with Crippen LogP contribution in [0.3, 0.4) is 0 Å². The summed E-state index contributed by atoms with van der Waals surface area (Å²) in [6.07, 6.45) is -3.62. The average Bonchev–Trinajstić information content (AvgIpc) is 3.13. The summed E-state index contributed by atoms with van der Waals surface area (Å²) >= 11 is 0. The molecule has 1 heterocycles. The zero-order valence-corrected chi connectivity index (χ0v) is 55.3. The second kappa shape index (κ2) is 24.0. The molecule has 2 saturated carbocycles. The van der Waals surface area contributed by atoms with Crippen LogP contribution in [0.1, 0.15) is 64.7 Å². The van der Waals surface area contributed by atoms with Gasteiger partial charge in [0.1, 0.15) is 12.2 Å². The SMILES string of the molecule is CC(=O)O[C@@H]1C(=O)C2=C(C)[C@@H](OP(P)P(P(P)P)P(P(P)P)P(P)P)CC(C(OC(=O)c3ccccc3)C3[C@@]1(C)[C@@H](OP(P(P)P)P(P)P)C[C@H]1OC[C@@]31OC(C)=O)C2(C)C. The highest BCUT2D eigenvalue weighted by Gasteiger charge is 2.76. The van der Waals surface area contributed by atoms with Gasteiger partial charge in [0.2, 0.25) is 5.78 Å². The molecule has 0 aromatic heterocycles. The summed E-state index contributed by atoms with van der Waals surface area (Å²) in [5.41, 5.74) is -2.01. The van der Waals surface area contributed by atoms with Crippen LogP contribution in [0.15, 0.2) is 41.5 Å². The fourth-order valence-electron chi connectivity index (χ4n) is 9.38. The summed E-state index contributed by atoms with van der Waals surface area (Å²) in [6, 6.07) is 8.84. The second-order valence-corrected chi connectivity index (χ2v) is 87.7. The van der Waals surface area contributed by atoms with Gasteiger partial charge < -0.3 is 28.0 Å². The fraction of sp³-hybridized carbons (Fsp3) is 0.613. The first-order chi connectivity index (χ1) is 28.3. The number of esters is 3. The lowest BCUT2D eigenvalue weighted by Crippen LogP contribution is -2.80. The van der Waals surface area contributed by atoms with Gasteiger partial charge in [0.25, 0.3) is 0 Å². The van der Waals surface area contributed by atoms with Crippen LogP contribution < -0.4 is 0 Å². The number of Topliss-reactive ketones (excluding diaryl/α,β-unsaturated/α-hetero) is 1. The summed E-state index contributed by atoms with van der Waals surface area (Å²) in [7, 11) is 30.9. The van der Waals surface area contributed by atoms with Crippen molar-refractivity contribution in [2.75, 3.05) is 6.61 Å². The van der Waals surface area contributed by atoms with Gasteiger partial charge in [0, 0.05) is 44.2 Å². The van der Waals surface area contributed by atoms with Gasteiger partial charge in [-0.15, -0.1) is 89.3 Å². The number of carbonyl (C=O) groups is 4. The van der Waals surface area contributed by atoms with E-state index in [0.29, 0.717) is 17.6 Å². The Balaban J connectivity index is 1.84. The molecule has 342 valence electrons. The molecule has 22 atom stereocenters. The maximum absolute atomic E-state index is 16.0. The molecule has 16 unspecified atom stereocenters. The molecule has 4 aliphatic rings. The topological polar surface area (TPSA) is 124 Å². The van der Waals surface area contributed by atoms with Crippen LogP contribution in [-0.4, -0.2) is 66.4 Å². The molecule has 3 fully saturated rings. The largest absolute Gasteiger partial charge is 0.458 e. The maximum atomic E-state index is 16.0. The molecule has 3 aliphatic carbocycles. The van der Waals surface area contributed by atoms with Crippen LogP contribution in [0.2, 0.25) is 0 Å². The van der Waals surface area contributed by atoms with E-state index in [1.165, 1.54) is 13.8 Å². The highest BCUT2D eigenvalue weighted by Crippen LogP contribution is 3.21. The summed E-state index contributed by atoms with van der Waals surface area (Å²) < 4.78 is 40.8. The van der Waals surface area contributed by atoms with Crippen LogP contribution in [0.5, 0.6) is 0 Å². The molecule has 2 bridgehead atoms. The van der Waals surface area contributed by atoms with Gasteiger partial charge in [0.05, 0.1) is 45.3 Å². The van der Waals surface area contributed by atoms with Crippen molar-refractivity contribution in [3.05, 3.63) is 47.0 Å². The smallest absolute Gasteiger partial charge is 0.338 e. The van der Waals surface area contributed by atoms with E-state index in [4.69, 9.17) is 28.0 Å². The summed E-state index contributed by atoms with van der Waals surface area (Å²) in [5.74, 6) is -3.50. The Kier molecular flexibility index (Phi) is 22.6. The normalized spacial score (nSPS) is 32.1. The van der Waals surface area contributed by atoms with Crippen molar-refractivity contribution < 1.29 is 47.2 Å². The van der Waals surface area contributed by atoms with Crippen molar-refractivity contribution in [3.8, 4) is 0 Å². The lowest BCUT2D eigenvalue weighted by Gasteiger charge is -2.67. The minimum absolute atomic E-state index is 0.00476. The van der Waals surface area contributed by atoms with Crippen LogP contribution >= 0.6 is 162 Å². The predicted octanol–water partition coefficient (Wildman–Crippen LogP) is 14.8. The number of rotatable bonds is 15. The predicted molar refractivity (Wildman–Crippen MR) is 310 cm³/mol. The van der Waals surface area contributed by atoms with Crippen LogP contribution in [0, 0.1) is 22.7 Å². The van der Waals surface area contributed by atoms with Crippen LogP contribution in [0.4, 0.5) is 0 Å². The summed E-state index contributed by atoms with van der Waals surface area (Å²) in [5, 5.41) is 0. The average molecular weight is 1210 g/mol. The van der Waals surface area contributed by atoms with E-state index in [2.05, 4.69) is 98.2 Å². The van der Waals surface area contributed by atoms with E-state index in [0.717, 1.165) is 5.57 Å². The first-order valence-electron chi connectivity index (χ1n) is 18.6. The molecule has 61 heavy (non-hydrogen) atoms. The van der Waals surface area contributed by atoms with E-state index in [1.54, 1.807) is 24.3 Å². The highest BCUT2D eigenvalue weighted by atomic mass is 33.3. The second-order valence-electron chi connectivity index (χ2n) is 15.8. The number of ether oxygens (including phenoxy) is 4. The van der Waals surface area contributed by atoms with E-state index in [-0.39, 0.29) is 18.8 Å². The third-order valence-corrected chi connectivity index (χ3v) is 108. The Bertz CT molecular complexity index is 1810. The number of hydrogen-bond acceptors (Lipinski definition) is 10. The Morgan fingerprint density at radius 3 is 1.80 bits per heavy atom. The first kappa shape index (κ1) is 57.4. The van der Waals surface area contributed by atoms with E-state index in [9.17, 15) is 14.4 Å². The zero-order chi connectivity index (χ0) is 45.7. The zero-order valence-electron chi connectivity index (χ0n) is 34.5. The number of hydrogen-bond donors (Lipinski definition) is 0. The van der Waals surface area contributed by atoms with Crippen LogP contribution in [-0.2, 0) is 42.4 Å². The Hall–Kier alpha value is 5.52. The minimum Gasteiger partial charge on any atom is -0.458 e. The highest BCUT2D eigenvalue weighted by molar-refractivity contribution is 9.24. The molecule has 30 heteroatoms. The molecule has 10 nitrogen and oxygen atoms in total. The molecular weight excluding hydrogens is 1150 g/mol. The summed E-state index contributed by atoms with van der Waals surface area (Å²) in [4.78, 5) is 57.5. The third-order valence-electron chi connectivity index (χ3n) is 11.7. The molecule has 0 N–H and O–H groups in total. The first-order valence-corrected chi connectivity index (χ1v) is 53.2. The summed E-state index contributed by atoms with van der Waals surface area (Å²) in [6.45, 7) is 6.77. The van der Waals surface area contributed by atoms with Gasteiger partial charge in [-0.05, 0) is 78.4 Å². The van der Waals surface area contributed by atoms with Crippen molar-refractivity contribution >= 4 is 186 Å². The molecule has 1 aliphatic heterocycles. The molecular formula is C31H58O10P20. The molecule has 0 amide bonds. The number of fused-ring (bicyclic) bond motifs is 5. The van der Waals surface area contributed by atoms with Crippen molar-refractivity contribution in [2.45, 2.75) is 90.5 Å². The van der Waals surface area contributed by atoms with Crippen molar-refractivity contribution in [3.63, 3.8) is 0 Å². The van der Waals surface area contributed by atoms with Crippen molar-refractivity contribution in [1.82, 2.24) is 0 Å². The number of ketones is 1. The molecule has 5 rings (SSSR count). The lowest BCUT2D eigenvalue weighted by atomic mass is 9.45. The monoisotopic (exact) mass is 1210 g/mol. The van der Waals surface area contributed by atoms with Gasteiger partial charge in [-0.2, -0.15) is 0 Å². The van der Waals surface area contributed by atoms with Gasteiger partial charge in [0.15, 0.2) is 11.7 Å². The number of carbonyl (C=O) groups excluding carboxylic acids is 4. The Morgan fingerprint density at radius 2 is 1.33 bits per heavy atom. The maximum Gasteiger partial charge on any atom is 0.338 e. The molecule has 0 spiro atoms. The lowest BCUT2D eigenvalue weighted by molar-refractivity contribution is -0.345. The quantitative estimate of drug-likeness (QED) is 0.0952. The molecule has 1 aromatic rings. The van der Waals surface area contributed by atoms with E-state index in [1.807, 2.05) is 33.8 Å². The van der Waals surface area contributed by atoms with E-state index >= 15 is 4.79 Å². The Morgan fingerprint density at radius 1 is 0.754 bits per heavy atom. The van der Waals surface area contributed by atoms with Gasteiger partial charge >= 0.3 is 17.9 Å². The van der Waals surface area contributed by atoms with Gasteiger partial charge in [-0.25, -0.2) is 4.79 Å². The van der Waals surface area contributed by atoms with Crippen molar-refractivity contribution in [2.24, 2.45) is 22.7 Å². The van der Waals surface area contributed by atoms with Gasteiger partial charge in [-0.1, -0.05) is 47.9 Å². The molecule has 0 radical (unpaired) electrons. The van der Waals surface area contributed by atoms with Crippen molar-refractivity contribution in [1.29, 1.82) is 0 Å². The van der Waals surface area contributed by atoms with Gasteiger partial charge in [-0.3, -0.25) is 14.4 Å². The van der Waals surface area contributed by atoms with Crippen LogP contribution in [0.25, 0.3) is 0 Å². The van der Waals surface area contributed by atoms with E-state index < -0.39 is 141 Å².